The predicted molar refractivity (Wildman–Crippen MR) is 112 cm³/mol. The number of carbonyl (C=O) groups excluding carboxylic acids is 3. The van der Waals surface area contributed by atoms with E-state index in [1.807, 2.05) is 0 Å². The van der Waals surface area contributed by atoms with Crippen molar-refractivity contribution in [3.8, 4) is 0 Å². The number of hydrazine groups is 1. The minimum Gasteiger partial charge on any atom is -0.468 e. The Morgan fingerprint density at radius 3 is 2.50 bits per heavy atom. The molecule has 2 aromatic rings. The second-order valence-electron chi connectivity index (χ2n) is 8.20. The van der Waals surface area contributed by atoms with Crippen molar-refractivity contribution in [3.05, 3.63) is 54.0 Å². The van der Waals surface area contributed by atoms with Crippen LogP contribution >= 0.6 is 0 Å². The molecule has 0 atom stereocenters. The molecule has 2 aliphatic rings. The van der Waals surface area contributed by atoms with E-state index in [4.69, 9.17) is 4.42 Å². The van der Waals surface area contributed by atoms with E-state index in [1.54, 1.807) is 12.1 Å². The fourth-order valence-electron chi connectivity index (χ4n) is 3.93. The fraction of sp³-hybridized carbons (Fsp3) is 0.381. The highest BCUT2D eigenvalue weighted by Gasteiger charge is 2.52. The van der Waals surface area contributed by atoms with Gasteiger partial charge in [-0.3, -0.25) is 15.0 Å². The molecule has 1 spiro atoms. The molecular formula is C21H24N4O6S. The standard InChI is InChI=1S/C21H24N4O6S/c1-14-8-10-21(11-9-14)19(27)25(20(28)23-21)24-18(26)15-4-6-17(7-5-15)32(29,30)22-13-16-3-2-12-31-16/h2-7,12,14,22H,8-11,13H2,1H3,(H,23,28)(H,24,26). The molecule has 2 fully saturated rings. The summed E-state index contributed by atoms with van der Waals surface area (Å²) in [5.74, 6) is -0.216. The van der Waals surface area contributed by atoms with E-state index in [9.17, 15) is 22.8 Å². The second kappa shape index (κ2) is 8.40. The summed E-state index contributed by atoms with van der Waals surface area (Å²) < 4.78 is 32.3. The Kier molecular flexibility index (Phi) is 5.78. The van der Waals surface area contributed by atoms with Gasteiger partial charge in [-0.1, -0.05) is 6.92 Å². The molecule has 1 aliphatic heterocycles. The van der Waals surface area contributed by atoms with Gasteiger partial charge in [0.05, 0.1) is 17.7 Å². The minimum atomic E-state index is -3.81. The van der Waals surface area contributed by atoms with Crippen LogP contribution in [0.3, 0.4) is 0 Å². The largest absolute Gasteiger partial charge is 0.468 e. The Morgan fingerprint density at radius 2 is 1.88 bits per heavy atom. The topological polar surface area (TPSA) is 138 Å². The lowest BCUT2D eigenvalue weighted by atomic mass is 9.77. The van der Waals surface area contributed by atoms with Gasteiger partial charge in [-0.15, -0.1) is 0 Å². The van der Waals surface area contributed by atoms with E-state index in [0.717, 1.165) is 12.8 Å². The molecule has 4 rings (SSSR count). The third-order valence-corrected chi connectivity index (χ3v) is 7.36. The number of carbonyl (C=O) groups is 3. The molecule has 1 aromatic carbocycles. The van der Waals surface area contributed by atoms with Crippen LogP contribution in [0.25, 0.3) is 0 Å². The summed E-state index contributed by atoms with van der Waals surface area (Å²) in [6.07, 6.45) is 4.14. The Bertz CT molecular complexity index is 1120. The van der Waals surface area contributed by atoms with Crippen molar-refractivity contribution >= 4 is 27.9 Å². The monoisotopic (exact) mass is 460 g/mol. The van der Waals surface area contributed by atoms with Crippen LogP contribution in [0, 0.1) is 5.92 Å². The molecule has 3 N–H and O–H groups in total. The van der Waals surface area contributed by atoms with Crippen molar-refractivity contribution < 1.29 is 27.2 Å². The number of sulfonamides is 1. The van der Waals surface area contributed by atoms with E-state index in [-0.39, 0.29) is 17.0 Å². The van der Waals surface area contributed by atoms with E-state index in [1.165, 1.54) is 30.5 Å². The highest BCUT2D eigenvalue weighted by Crippen LogP contribution is 2.35. The summed E-state index contributed by atoms with van der Waals surface area (Å²) in [5, 5.41) is 3.44. The van der Waals surface area contributed by atoms with Gasteiger partial charge in [0.2, 0.25) is 10.0 Å². The molecule has 1 saturated heterocycles. The van der Waals surface area contributed by atoms with Crippen LogP contribution in [0.4, 0.5) is 4.79 Å². The van der Waals surface area contributed by atoms with Gasteiger partial charge in [0.25, 0.3) is 11.8 Å². The maximum Gasteiger partial charge on any atom is 0.344 e. The molecule has 4 amide bonds. The Balaban J connectivity index is 1.41. The third kappa shape index (κ3) is 4.26. The van der Waals surface area contributed by atoms with Gasteiger partial charge in [0, 0.05) is 5.56 Å². The van der Waals surface area contributed by atoms with E-state index >= 15 is 0 Å². The van der Waals surface area contributed by atoms with Gasteiger partial charge < -0.3 is 9.73 Å². The van der Waals surface area contributed by atoms with Gasteiger partial charge in [-0.05, 0) is 68.0 Å². The van der Waals surface area contributed by atoms with Crippen LogP contribution in [0.2, 0.25) is 0 Å². The van der Waals surface area contributed by atoms with Crippen LogP contribution in [-0.4, -0.2) is 36.8 Å². The number of imide groups is 1. The van der Waals surface area contributed by atoms with Gasteiger partial charge in [-0.2, -0.15) is 5.01 Å². The van der Waals surface area contributed by atoms with Crippen molar-refractivity contribution in [2.24, 2.45) is 5.92 Å². The van der Waals surface area contributed by atoms with Crippen molar-refractivity contribution in [1.82, 2.24) is 20.5 Å². The molecule has 0 bridgehead atoms. The SMILES string of the molecule is CC1CCC2(CC1)NC(=O)N(NC(=O)c1ccc(S(=O)(=O)NCc3ccco3)cc1)C2=O. The van der Waals surface area contributed by atoms with E-state index < -0.39 is 33.4 Å². The summed E-state index contributed by atoms with van der Waals surface area (Å²) in [6, 6.07) is 7.80. The highest BCUT2D eigenvalue weighted by molar-refractivity contribution is 7.89. The molecule has 1 saturated carbocycles. The second-order valence-corrected chi connectivity index (χ2v) is 9.97. The molecular weight excluding hydrogens is 436 g/mol. The van der Waals surface area contributed by atoms with Crippen LogP contribution in [0.15, 0.2) is 52.0 Å². The lowest BCUT2D eigenvalue weighted by Gasteiger charge is -2.33. The quantitative estimate of drug-likeness (QED) is 0.563. The fourth-order valence-corrected chi connectivity index (χ4v) is 4.92. The number of urea groups is 1. The number of hydrogen-bond acceptors (Lipinski definition) is 6. The summed E-state index contributed by atoms with van der Waals surface area (Å²) in [7, 11) is -3.81. The third-order valence-electron chi connectivity index (χ3n) is 5.95. The first kappa shape index (κ1) is 22.0. The van der Waals surface area contributed by atoms with Crippen molar-refractivity contribution in [1.29, 1.82) is 0 Å². The average Bonchev–Trinajstić information content (AvgIpc) is 3.38. The van der Waals surface area contributed by atoms with E-state index in [0.29, 0.717) is 29.5 Å². The van der Waals surface area contributed by atoms with Crippen molar-refractivity contribution in [2.75, 3.05) is 0 Å². The zero-order valence-electron chi connectivity index (χ0n) is 17.5. The first-order chi connectivity index (χ1) is 15.2. The molecule has 2 heterocycles. The summed E-state index contributed by atoms with van der Waals surface area (Å²) >= 11 is 0. The number of hydrogen-bond donors (Lipinski definition) is 3. The molecule has 1 aliphatic carbocycles. The summed E-state index contributed by atoms with van der Waals surface area (Å²) in [5.41, 5.74) is 1.48. The Labute approximate surface area is 185 Å². The number of benzene rings is 1. The molecule has 1 aromatic heterocycles. The molecule has 0 unspecified atom stereocenters. The Morgan fingerprint density at radius 1 is 1.19 bits per heavy atom. The van der Waals surface area contributed by atoms with Crippen LogP contribution in [-0.2, 0) is 21.4 Å². The zero-order valence-corrected chi connectivity index (χ0v) is 18.3. The number of amides is 4. The number of furan rings is 1. The van der Waals surface area contributed by atoms with E-state index in [2.05, 4.69) is 22.4 Å². The molecule has 11 heteroatoms. The first-order valence-electron chi connectivity index (χ1n) is 10.3. The van der Waals surface area contributed by atoms with Gasteiger partial charge in [0.1, 0.15) is 11.3 Å². The lowest BCUT2D eigenvalue weighted by Crippen LogP contribution is -2.51. The van der Waals surface area contributed by atoms with Gasteiger partial charge in [-0.25, -0.2) is 17.9 Å². The number of nitrogens with one attached hydrogen (secondary N) is 3. The highest BCUT2D eigenvalue weighted by atomic mass is 32.2. The van der Waals surface area contributed by atoms with Crippen LogP contribution < -0.4 is 15.5 Å². The van der Waals surface area contributed by atoms with Gasteiger partial charge in [0.15, 0.2) is 0 Å². The lowest BCUT2D eigenvalue weighted by molar-refractivity contribution is -0.134. The molecule has 32 heavy (non-hydrogen) atoms. The van der Waals surface area contributed by atoms with Crippen molar-refractivity contribution in [3.63, 3.8) is 0 Å². The Hall–Kier alpha value is -3.18. The molecule has 10 nitrogen and oxygen atoms in total. The van der Waals surface area contributed by atoms with Crippen LogP contribution in [0.1, 0.15) is 48.7 Å². The number of rotatable bonds is 6. The molecule has 170 valence electrons. The maximum absolute atomic E-state index is 12.9. The summed E-state index contributed by atoms with van der Waals surface area (Å²) in [6.45, 7) is 2.09. The number of nitrogens with zero attached hydrogens (tertiary/aromatic N) is 1. The first-order valence-corrected chi connectivity index (χ1v) is 11.8. The van der Waals surface area contributed by atoms with Crippen molar-refractivity contribution in [2.45, 2.75) is 49.6 Å². The average molecular weight is 461 g/mol. The smallest absolute Gasteiger partial charge is 0.344 e. The van der Waals surface area contributed by atoms with Crippen LogP contribution in [0.5, 0.6) is 0 Å². The van der Waals surface area contributed by atoms with Gasteiger partial charge >= 0.3 is 6.03 Å². The molecule has 0 radical (unpaired) electrons. The minimum absolute atomic E-state index is 0.00964. The maximum atomic E-state index is 12.9. The normalized spacial score (nSPS) is 23.4. The predicted octanol–water partition coefficient (Wildman–Crippen LogP) is 1.90. The summed E-state index contributed by atoms with van der Waals surface area (Å²) in [4.78, 5) is 37.8. The zero-order chi connectivity index (χ0) is 22.9.